The Labute approximate surface area is 142 Å². The first-order valence-electron chi connectivity index (χ1n) is 8.41. The molecule has 1 N–H and O–H groups in total. The third kappa shape index (κ3) is 4.59. The molecule has 1 aliphatic rings. The van der Waals surface area contributed by atoms with Gasteiger partial charge in [0.2, 0.25) is 0 Å². The van der Waals surface area contributed by atoms with Gasteiger partial charge in [-0.25, -0.2) is 0 Å². The number of ether oxygens (including phenoxy) is 1. The molecule has 1 heterocycles. The van der Waals surface area contributed by atoms with Crippen molar-refractivity contribution >= 4 is 5.97 Å². The van der Waals surface area contributed by atoms with Crippen LogP contribution in [0.5, 0.6) is 5.75 Å². The Morgan fingerprint density at radius 3 is 2.71 bits per heavy atom. The van der Waals surface area contributed by atoms with Crippen molar-refractivity contribution in [3.8, 4) is 5.75 Å². The van der Waals surface area contributed by atoms with Gasteiger partial charge in [-0.2, -0.15) is 0 Å². The van der Waals surface area contributed by atoms with Crippen LogP contribution in [-0.2, 0) is 17.9 Å². The monoisotopic (exact) mass is 325 g/mol. The molecule has 0 amide bonds. The van der Waals surface area contributed by atoms with E-state index in [0.29, 0.717) is 13.2 Å². The molecule has 2 aromatic rings. The van der Waals surface area contributed by atoms with Gasteiger partial charge in [0, 0.05) is 13.1 Å². The van der Waals surface area contributed by atoms with Crippen molar-refractivity contribution in [2.45, 2.75) is 26.0 Å². The minimum Gasteiger partial charge on any atom is -0.489 e. The number of rotatable bonds is 6. The Bertz CT molecular complexity index is 672. The van der Waals surface area contributed by atoms with Gasteiger partial charge in [0.05, 0.1) is 5.92 Å². The second-order valence-corrected chi connectivity index (χ2v) is 6.33. The van der Waals surface area contributed by atoms with Gasteiger partial charge in [0.1, 0.15) is 12.4 Å². The normalized spacial score (nSPS) is 18.2. The van der Waals surface area contributed by atoms with E-state index < -0.39 is 5.97 Å². The number of likely N-dealkylation sites (tertiary alicyclic amines) is 1. The maximum absolute atomic E-state index is 11.2. The zero-order valence-corrected chi connectivity index (χ0v) is 13.7. The molecule has 4 nitrogen and oxygen atoms in total. The van der Waals surface area contributed by atoms with E-state index in [0.717, 1.165) is 42.8 Å². The first kappa shape index (κ1) is 16.5. The van der Waals surface area contributed by atoms with Crippen LogP contribution in [0.4, 0.5) is 0 Å². The number of benzene rings is 2. The van der Waals surface area contributed by atoms with Gasteiger partial charge in [-0.15, -0.1) is 0 Å². The molecule has 3 rings (SSSR count). The summed E-state index contributed by atoms with van der Waals surface area (Å²) in [5.74, 6) is -0.0703. The molecule has 126 valence electrons. The van der Waals surface area contributed by atoms with Crippen molar-refractivity contribution in [3.05, 3.63) is 65.7 Å². The molecule has 1 saturated heterocycles. The van der Waals surface area contributed by atoms with Crippen LogP contribution in [0.15, 0.2) is 54.6 Å². The summed E-state index contributed by atoms with van der Waals surface area (Å²) in [6, 6.07) is 18.2. The second-order valence-electron chi connectivity index (χ2n) is 6.33. The number of nitrogens with zero attached hydrogens (tertiary/aromatic N) is 1. The molecule has 4 heteroatoms. The van der Waals surface area contributed by atoms with Crippen LogP contribution in [-0.4, -0.2) is 29.1 Å². The van der Waals surface area contributed by atoms with E-state index in [1.54, 1.807) is 0 Å². The number of hydrogen-bond donors (Lipinski definition) is 1. The molecule has 0 aliphatic carbocycles. The maximum atomic E-state index is 11.2. The summed E-state index contributed by atoms with van der Waals surface area (Å²) in [4.78, 5) is 13.4. The zero-order valence-electron chi connectivity index (χ0n) is 13.7. The minimum absolute atomic E-state index is 0.240. The number of carboxylic acid groups (broad SMARTS) is 1. The highest BCUT2D eigenvalue weighted by atomic mass is 16.5. The van der Waals surface area contributed by atoms with Crippen LogP contribution in [0.25, 0.3) is 0 Å². The van der Waals surface area contributed by atoms with E-state index in [1.165, 1.54) is 0 Å². The highest BCUT2D eigenvalue weighted by Crippen LogP contribution is 2.21. The van der Waals surface area contributed by atoms with E-state index in [9.17, 15) is 9.90 Å². The molecule has 24 heavy (non-hydrogen) atoms. The molecule has 1 aliphatic heterocycles. The summed E-state index contributed by atoms with van der Waals surface area (Å²) < 4.78 is 5.87. The summed E-state index contributed by atoms with van der Waals surface area (Å²) >= 11 is 0. The Balaban J connectivity index is 1.58. The zero-order chi connectivity index (χ0) is 16.8. The lowest BCUT2D eigenvalue weighted by Crippen LogP contribution is -2.38. The maximum Gasteiger partial charge on any atom is 0.307 e. The van der Waals surface area contributed by atoms with Crippen molar-refractivity contribution in [1.29, 1.82) is 0 Å². The number of aliphatic carboxylic acids is 1. The average molecular weight is 325 g/mol. The number of carbonyl (C=O) groups is 1. The lowest BCUT2D eigenvalue weighted by atomic mass is 9.98. The van der Waals surface area contributed by atoms with Crippen LogP contribution in [0, 0.1) is 5.92 Å². The third-order valence-corrected chi connectivity index (χ3v) is 4.41. The van der Waals surface area contributed by atoms with Crippen LogP contribution in [0.1, 0.15) is 24.0 Å². The molecule has 1 fully saturated rings. The second kappa shape index (κ2) is 7.97. The summed E-state index contributed by atoms with van der Waals surface area (Å²) in [6.45, 7) is 2.91. The van der Waals surface area contributed by atoms with E-state index >= 15 is 0 Å². The van der Waals surface area contributed by atoms with Gasteiger partial charge >= 0.3 is 5.97 Å². The van der Waals surface area contributed by atoms with E-state index in [2.05, 4.69) is 11.0 Å². The molecule has 2 aromatic carbocycles. The van der Waals surface area contributed by atoms with E-state index in [4.69, 9.17) is 4.74 Å². The summed E-state index contributed by atoms with van der Waals surface area (Å²) in [5.41, 5.74) is 2.30. The first-order valence-corrected chi connectivity index (χ1v) is 8.41. The predicted molar refractivity (Wildman–Crippen MR) is 92.9 cm³/mol. The average Bonchev–Trinajstić information content (AvgIpc) is 2.61. The fraction of sp³-hybridized carbons (Fsp3) is 0.350. The SMILES string of the molecule is O=C(O)C1CCCN(Cc2cccc(OCc3ccccc3)c2)C1. The fourth-order valence-electron chi connectivity index (χ4n) is 3.13. The van der Waals surface area contributed by atoms with Crippen molar-refractivity contribution < 1.29 is 14.6 Å². The highest BCUT2D eigenvalue weighted by Gasteiger charge is 2.25. The molecular formula is C20H23NO3. The summed E-state index contributed by atoms with van der Waals surface area (Å²) in [6.07, 6.45) is 1.73. The van der Waals surface area contributed by atoms with Crippen LogP contribution < -0.4 is 4.74 Å². The molecule has 0 spiro atoms. The van der Waals surface area contributed by atoms with E-state index in [1.807, 2.05) is 48.5 Å². The van der Waals surface area contributed by atoms with Crippen molar-refractivity contribution in [1.82, 2.24) is 4.90 Å². The van der Waals surface area contributed by atoms with Crippen LogP contribution in [0.3, 0.4) is 0 Å². The van der Waals surface area contributed by atoms with Crippen molar-refractivity contribution in [3.63, 3.8) is 0 Å². The predicted octanol–water partition coefficient (Wildman–Crippen LogP) is 3.56. The third-order valence-electron chi connectivity index (χ3n) is 4.41. The lowest BCUT2D eigenvalue weighted by Gasteiger charge is -2.30. The quantitative estimate of drug-likeness (QED) is 0.882. The van der Waals surface area contributed by atoms with Crippen LogP contribution >= 0.6 is 0 Å². The van der Waals surface area contributed by atoms with Gasteiger partial charge < -0.3 is 9.84 Å². The first-order chi connectivity index (χ1) is 11.7. The highest BCUT2D eigenvalue weighted by molar-refractivity contribution is 5.70. The summed E-state index contributed by atoms with van der Waals surface area (Å²) in [7, 11) is 0. The minimum atomic E-state index is -0.681. The molecule has 0 aromatic heterocycles. The smallest absolute Gasteiger partial charge is 0.307 e. The number of piperidine rings is 1. The number of hydrogen-bond acceptors (Lipinski definition) is 3. The Hall–Kier alpha value is -2.33. The fourth-order valence-corrected chi connectivity index (χ4v) is 3.13. The van der Waals surface area contributed by atoms with Gasteiger partial charge in [-0.3, -0.25) is 9.69 Å². The van der Waals surface area contributed by atoms with Gasteiger partial charge in [0.15, 0.2) is 0 Å². The molecule has 1 atom stereocenters. The topological polar surface area (TPSA) is 49.8 Å². The number of carboxylic acids is 1. The van der Waals surface area contributed by atoms with Crippen LogP contribution in [0.2, 0.25) is 0 Å². The standard InChI is InChI=1S/C20H23NO3/c22-20(23)18-9-5-11-21(14-18)13-17-8-4-10-19(12-17)24-15-16-6-2-1-3-7-16/h1-4,6-8,10,12,18H,5,9,11,13-15H2,(H,22,23). The summed E-state index contributed by atoms with van der Waals surface area (Å²) in [5, 5.41) is 9.20. The van der Waals surface area contributed by atoms with Gasteiger partial charge in [-0.1, -0.05) is 42.5 Å². The van der Waals surface area contributed by atoms with Gasteiger partial charge in [-0.05, 0) is 42.6 Å². The van der Waals surface area contributed by atoms with Gasteiger partial charge in [0.25, 0.3) is 0 Å². The Kier molecular flexibility index (Phi) is 5.49. The largest absolute Gasteiger partial charge is 0.489 e. The molecular weight excluding hydrogens is 302 g/mol. The van der Waals surface area contributed by atoms with Crippen molar-refractivity contribution in [2.75, 3.05) is 13.1 Å². The molecule has 0 saturated carbocycles. The molecule has 0 bridgehead atoms. The lowest BCUT2D eigenvalue weighted by molar-refractivity contribution is -0.143. The Morgan fingerprint density at radius 2 is 1.92 bits per heavy atom. The van der Waals surface area contributed by atoms with Crippen molar-refractivity contribution in [2.24, 2.45) is 5.92 Å². The molecule has 1 unspecified atom stereocenters. The Morgan fingerprint density at radius 1 is 1.12 bits per heavy atom. The molecule has 0 radical (unpaired) electrons. The van der Waals surface area contributed by atoms with E-state index in [-0.39, 0.29) is 5.92 Å².